The van der Waals surface area contributed by atoms with Gasteiger partial charge in [-0.15, -0.1) is 11.3 Å². The van der Waals surface area contributed by atoms with E-state index in [9.17, 15) is 9.59 Å². The van der Waals surface area contributed by atoms with Gasteiger partial charge < -0.3 is 14.7 Å². The quantitative estimate of drug-likeness (QED) is 0.556. The molecule has 150 valence electrons. The number of ether oxygens (including phenoxy) is 1. The lowest BCUT2D eigenvalue weighted by molar-refractivity contribution is -0.129. The third kappa shape index (κ3) is 5.84. The van der Waals surface area contributed by atoms with Crippen LogP contribution in [0.2, 0.25) is 10.0 Å². The molecule has 1 amide bonds. The molecule has 2 heterocycles. The SMILES string of the molecule is O=C(O)c1csc(SCCN2C(=O)CCC2COCc2cc(Cl)cc(Cl)c2)n1. The first kappa shape index (κ1) is 21.4. The molecule has 1 aromatic carbocycles. The number of thiazole rings is 1. The third-order valence-electron chi connectivity index (χ3n) is 4.21. The topological polar surface area (TPSA) is 79.7 Å². The van der Waals surface area contributed by atoms with Gasteiger partial charge in [-0.3, -0.25) is 4.79 Å². The van der Waals surface area contributed by atoms with Gasteiger partial charge in [-0.05, 0) is 30.2 Å². The van der Waals surface area contributed by atoms with Crippen LogP contribution in [0.25, 0.3) is 0 Å². The number of thioether (sulfide) groups is 1. The summed E-state index contributed by atoms with van der Waals surface area (Å²) in [6, 6.07) is 5.32. The van der Waals surface area contributed by atoms with Gasteiger partial charge in [0.15, 0.2) is 10.0 Å². The molecule has 1 unspecified atom stereocenters. The zero-order valence-corrected chi connectivity index (χ0v) is 17.9. The lowest BCUT2D eigenvalue weighted by Gasteiger charge is -2.24. The van der Waals surface area contributed by atoms with E-state index in [4.69, 9.17) is 33.0 Å². The fourth-order valence-corrected chi connectivity index (χ4v) is 5.31. The molecule has 1 aliphatic heterocycles. The predicted molar refractivity (Wildman–Crippen MR) is 111 cm³/mol. The zero-order chi connectivity index (χ0) is 20.1. The van der Waals surface area contributed by atoms with Crippen LogP contribution in [-0.2, 0) is 16.1 Å². The predicted octanol–water partition coefficient (Wildman–Crippen LogP) is 4.45. The van der Waals surface area contributed by atoms with Crippen LogP contribution in [0.1, 0.15) is 28.9 Å². The van der Waals surface area contributed by atoms with Crippen molar-refractivity contribution in [2.45, 2.75) is 29.8 Å². The molecular weight excluding hydrogens is 443 g/mol. The van der Waals surface area contributed by atoms with E-state index in [0.29, 0.717) is 46.3 Å². The van der Waals surface area contributed by atoms with Crippen LogP contribution in [0.4, 0.5) is 0 Å². The van der Waals surface area contributed by atoms with Gasteiger partial charge in [-0.1, -0.05) is 35.0 Å². The summed E-state index contributed by atoms with van der Waals surface area (Å²) in [7, 11) is 0. The minimum atomic E-state index is -1.03. The molecule has 0 radical (unpaired) electrons. The summed E-state index contributed by atoms with van der Waals surface area (Å²) in [6.45, 7) is 1.40. The van der Waals surface area contributed by atoms with Gasteiger partial charge in [0.25, 0.3) is 0 Å². The number of hydrogen-bond donors (Lipinski definition) is 1. The van der Waals surface area contributed by atoms with E-state index < -0.39 is 5.97 Å². The number of hydrogen-bond acceptors (Lipinski definition) is 6. The Kier molecular flexibility index (Phi) is 7.59. The Bertz CT molecular complexity index is 842. The van der Waals surface area contributed by atoms with Gasteiger partial charge in [0, 0.05) is 34.1 Å². The molecule has 1 N–H and O–H groups in total. The molecule has 0 aliphatic carbocycles. The maximum atomic E-state index is 12.2. The maximum Gasteiger partial charge on any atom is 0.355 e. The summed E-state index contributed by atoms with van der Waals surface area (Å²) >= 11 is 14.7. The van der Waals surface area contributed by atoms with E-state index in [0.717, 1.165) is 12.0 Å². The standard InChI is InChI=1S/C18H18Cl2N2O4S2/c19-12-5-11(6-13(20)7-12)8-26-9-14-1-2-16(23)22(14)3-4-27-18-21-15(10-28-18)17(24)25/h5-7,10,14H,1-4,8-9H2,(H,24,25). The summed E-state index contributed by atoms with van der Waals surface area (Å²) < 4.78 is 6.48. The third-order valence-corrected chi connectivity index (χ3v) is 6.65. The Morgan fingerprint density at radius 1 is 1.36 bits per heavy atom. The van der Waals surface area contributed by atoms with Gasteiger partial charge in [0.1, 0.15) is 0 Å². The Morgan fingerprint density at radius 2 is 2.11 bits per heavy atom. The van der Waals surface area contributed by atoms with E-state index in [-0.39, 0.29) is 17.6 Å². The molecule has 10 heteroatoms. The lowest BCUT2D eigenvalue weighted by Crippen LogP contribution is -2.37. The number of halogens is 2. The highest BCUT2D eigenvalue weighted by molar-refractivity contribution is 8.01. The van der Waals surface area contributed by atoms with Crippen LogP contribution < -0.4 is 0 Å². The van der Waals surface area contributed by atoms with Crippen molar-refractivity contribution in [1.82, 2.24) is 9.88 Å². The van der Waals surface area contributed by atoms with Gasteiger partial charge in [0.05, 0.1) is 19.3 Å². The number of carboxylic acid groups (broad SMARTS) is 1. The number of amides is 1. The fourth-order valence-electron chi connectivity index (χ4n) is 2.93. The van der Waals surface area contributed by atoms with Crippen molar-refractivity contribution in [2.75, 3.05) is 18.9 Å². The number of benzene rings is 1. The van der Waals surface area contributed by atoms with Crippen LogP contribution in [0.15, 0.2) is 27.9 Å². The number of carboxylic acids is 1. The van der Waals surface area contributed by atoms with Crippen molar-refractivity contribution in [3.8, 4) is 0 Å². The summed E-state index contributed by atoms with van der Waals surface area (Å²) in [5.74, 6) is -0.264. The summed E-state index contributed by atoms with van der Waals surface area (Å²) in [5, 5.41) is 11.6. The number of carbonyl (C=O) groups is 2. The van der Waals surface area contributed by atoms with E-state index >= 15 is 0 Å². The molecule has 0 bridgehead atoms. The second-order valence-electron chi connectivity index (χ2n) is 6.22. The Hall–Kier alpha value is -1.32. The summed E-state index contributed by atoms with van der Waals surface area (Å²) in [5.41, 5.74) is 0.944. The van der Waals surface area contributed by atoms with E-state index in [1.165, 1.54) is 28.5 Å². The van der Waals surface area contributed by atoms with Crippen molar-refractivity contribution in [3.63, 3.8) is 0 Å². The molecule has 1 aliphatic rings. The molecule has 6 nitrogen and oxygen atoms in total. The number of likely N-dealkylation sites (tertiary alicyclic amines) is 1. The van der Waals surface area contributed by atoms with Crippen molar-refractivity contribution in [3.05, 3.63) is 44.9 Å². The number of carbonyl (C=O) groups excluding carboxylic acids is 1. The Balaban J connectivity index is 1.46. The average molecular weight is 461 g/mol. The highest BCUT2D eigenvalue weighted by atomic mass is 35.5. The second-order valence-corrected chi connectivity index (χ2v) is 9.30. The van der Waals surface area contributed by atoms with Crippen LogP contribution in [0.3, 0.4) is 0 Å². The van der Waals surface area contributed by atoms with Crippen LogP contribution in [0.5, 0.6) is 0 Å². The van der Waals surface area contributed by atoms with Gasteiger partial charge in [-0.2, -0.15) is 0 Å². The fraction of sp³-hybridized carbons (Fsp3) is 0.389. The smallest absolute Gasteiger partial charge is 0.355 e. The molecule has 1 fully saturated rings. The molecule has 1 aromatic heterocycles. The van der Waals surface area contributed by atoms with Gasteiger partial charge >= 0.3 is 5.97 Å². The molecule has 1 atom stereocenters. The van der Waals surface area contributed by atoms with Gasteiger partial charge in [-0.25, -0.2) is 9.78 Å². The van der Waals surface area contributed by atoms with Crippen molar-refractivity contribution in [2.24, 2.45) is 0 Å². The average Bonchev–Trinajstić information content (AvgIpc) is 3.23. The Labute approximate surface area is 180 Å². The highest BCUT2D eigenvalue weighted by Crippen LogP contribution is 2.25. The van der Waals surface area contributed by atoms with E-state index in [1.807, 2.05) is 4.90 Å². The minimum absolute atomic E-state index is 0.0358. The number of nitrogens with zero attached hydrogens (tertiary/aromatic N) is 2. The largest absolute Gasteiger partial charge is 0.476 e. The first-order chi connectivity index (χ1) is 13.4. The maximum absolute atomic E-state index is 12.2. The van der Waals surface area contributed by atoms with E-state index in [1.54, 1.807) is 18.2 Å². The Morgan fingerprint density at radius 3 is 2.79 bits per heavy atom. The molecule has 0 saturated carbocycles. The molecule has 28 heavy (non-hydrogen) atoms. The summed E-state index contributed by atoms with van der Waals surface area (Å²) in [6.07, 6.45) is 1.28. The van der Waals surface area contributed by atoms with Gasteiger partial charge in [0.2, 0.25) is 5.91 Å². The normalized spacial score (nSPS) is 16.7. The number of aromatic carboxylic acids is 1. The first-order valence-electron chi connectivity index (χ1n) is 8.56. The molecule has 3 rings (SSSR count). The van der Waals surface area contributed by atoms with Crippen molar-refractivity contribution in [1.29, 1.82) is 0 Å². The van der Waals surface area contributed by atoms with Crippen LogP contribution in [-0.4, -0.2) is 51.8 Å². The second kappa shape index (κ2) is 9.93. The van der Waals surface area contributed by atoms with E-state index in [2.05, 4.69) is 4.98 Å². The highest BCUT2D eigenvalue weighted by Gasteiger charge is 2.30. The van der Waals surface area contributed by atoms with Crippen molar-refractivity contribution >= 4 is 58.2 Å². The van der Waals surface area contributed by atoms with Crippen LogP contribution in [0, 0.1) is 0 Å². The lowest BCUT2D eigenvalue weighted by atomic mass is 10.2. The monoisotopic (exact) mass is 460 g/mol. The molecule has 2 aromatic rings. The molecule has 1 saturated heterocycles. The zero-order valence-electron chi connectivity index (χ0n) is 14.8. The number of aromatic nitrogens is 1. The van der Waals surface area contributed by atoms with Crippen molar-refractivity contribution < 1.29 is 19.4 Å². The molecular formula is C18H18Cl2N2O4S2. The summed E-state index contributed by atoms with van der Waals surface area (Å²) in [4.78, 5) is 28.9. The minimum Gasteiger partial charge on any atom is -0.476 e. The molecule has 0 spiro atoms. The first-order valence-corrected chi connectivity index (χ1v) is 11.2. The van der Waals surface area contributed by atoms with Crippen LogP contribution >= 0.6 is 46.3 Å². The number of rotatable bonds is 9.